The second-order valence-electron chi connectivity index (χ2n) is 3.63. The first-order valence-corrected chi connectivity index (χ1v) is 5.03. The van der Waals surface area contributed by atoms with Gasteiger partial charge < -0.3 is 10.7 Å². The molecule has 2 rings (SSSR count). The van der Waals surface area contributed by atoms with Crippen molar-refractivity contribution in [1.29, 1.82) is 0 Å². The highest BCUT2D eigenvalue weighted by Crippen LogP contribution is 2.22. The quantitative estimate of drug-likeness (QED) is 0.799. The van der Waals surface area contributed by atoms with Crippen LogP contribution in [0, 0.1) is 6.92 Å². The third-order valence-corrected chi connectivity index (χ3v) is 2.59. The van der Waals surface area contributed by atoms with Gasteiger partial charge >= 0.3 is 0 Å². The molecule has 0 radical (unpaired) electrons. The second kappa shape index (κ2) is 4.21. The van der Waals surface area contributed by atoms with Crippen molar-refractivity contribution in [2.45, 2.75) is 6.92 Å². The molecule has 3 N–H and O–H groups in total. The summed E-state index contributed by atoms with van der Waals surface area (Å²) in [6, 6.07) is 3.59. The average molecular weight is 229 g/mol. The lowest BCUT2D eigenvalue weighted by Crippen LogP contribution is -2.25. The zero-order valence-electron chi connectivity index (χ0n) is 9.23. The zero-order chi connectivity index (χ0) is 12.4. The molecule has 17 heavy (non-hydrogen) atoms. The van der Waals surface area contributed by atoms with Crippen LogP contribution in [0.25, 0.3) is 11.1 Å². The standard InChI is InChI=1S/C12H11N3O2/c1-7-9(8-2-4-14-5-3-8)6-15-12(17)10(7)11(13)16/h2-6H,1H3,(H2,13,16)(H,15,17). The third-order valence-electron chi connectivity index (χ3n) is 2.59. The van der Waals surface area contributed by atoms with E-state index in [-0.39, 0.29) is 5.56 Å². The van der Waals surface area contributed by atoms with Crippen molar-refractivity contribution < 1.29 is 4.79 Å². The van der Waals surface area contributed by atoms with E-state index in [9.17, 15) is 9.59 Å². The first kappa shape index (κ1) is 11.1. The van der Waals surface area contributed by atoms with Crippen molar-refractivity contribution in [2.75, 3.05) is 0 Å². The molecule has 0 saturated carbocycles. The van der Waals surface area contributed by atoms with Crippen LogP contribution >= 0.6 is 0 Å². The van der Waals surface area contributed by atoms with Crippen LogP contribution in [0.1, 0.15) is 15.9 Å². The number of nitrogens with one attached hydrogen (secondary N) is 1. The molecule has 2 aromatic rings. The molecule has 0 aliphatic heterocycles. The lowest BCUT2D eigenvalue weighted by molar-refractivity contribution is 0.0998. The molecule has 0 aliphatic carbocycles. The van der Waals surface area contributed by atoms with Crippen molar-refractivity contribution >= 4 is 5.91 Å². The number of H-pyrrole nitrogens is 1. The van der Waals surface area contributed by atoms with Crippen LogP contribution in [0.5, 0.6) is 0 Å². The Morgan fingerprint density at radius 1 is 1.35 bits per heavy atom. The molecular weight excluding hydrogens is 218 g/mol. The Hall–Kier alpha value is -2.43. The Morgan fingerprint density at radius 3 is 2.59 bits per heavy atom. The number of carbonyl (C=O) groups excluding carboxylic acids is 1. The van der Waals surface area contributed by atoms with E-state index < -0.39 is 11.5 Å². The Bertz CT molecular complexity index is 617. The summed E-state index contributed by atoms with van der Waals surface area (Å²) in [5, 5.41) is 0. The summed E-state index contributed by atoms with van der Waals surface area (Å²) in [4.78, 5) is 29.1. The largest absolute Gasteiger partial charge is 0.365 e. The summed E-state index contributed by atoms with van der Waals surface area (Å²) in [7, 11) is 0. The Balaban J connectivity index is 2.70. The van der Waals surface area contributed by atoms with Gasteiger partial charge in [0, 0.05) is 24.2 Å². The van der Waals surface area contributed by atoms with E-state index >= 15 is 0 Å². The number of primary amides is 1. The molecule has 5 heteroatoms. The van der Waals surface area contributed by atoms with Gasteiger partial charge in [-0.05, 0) is 30.2 Å². The minimum Gasteiger partial charge on any atom is -0.365 e. The van der Waals surface area contributed by atoms with Crippen LogP contribution in [-0.2, 0) is 0 Å². The maximum atomic E-state index is 11.5. The van der Waals surface area contributed by atoms with Gasteiger partial charge in [0.2, 0.25) is 0 Å². The van der Waals surface area contributed by atoms with Gasteiger partial charge in [0.25, 0.3) is 11.5 Å². The summed E-state index contributed by atoms with van der Waals surface area (Å²) in [5.41, 5.74) is 6.94. The van der Waals surface area contributed by atoms with Crippen molar-refractivity contribution in [3.05, 3.63) is 52.2 Å². The molecular formula is C12H11N3O2. The van der Waals surface area contributed by atoms with Gasteiger partial charge in [-0.25, -0.2) is 0 Å². The zero-order valence-corrected chi connectivity index (χ0v) is 9.23. The minimum atomic E-state index is -0.723. The lowest BCUT2D eigenvalue weighted by Gasteiger charge is -2.08. The van der Waals surface area contributed by atoms with E-state index in [2.05, 4.69) is 9.97 Å². The number of aromatic amines is 1. The number of hydrogen-bond acceptors (Lipinski definition) is 3. The van der Waals surface area contributed by atoms with E-state index in [1.54, 1.807) is 37.6 Å². The normalized spacial score (nSPS) is 10.2. The first-order chi connectivity index (χ1) is 8.11. The van der Waals surface area contributed by atoms with Gasteiger partial charge in [0.15, 0.2) is 0 Å². The van der Waals surface area contributed by atoms with Crippen LogP contribution in [-0.4, -0.2) is 15.9 Å². The molecule has 5 nitrogen and oxygen atoms in total. The third kappa shape index (κ3) is 1.94. The number of nitrogens with zero attached hydrogens (tertiary/aromatic N) is 1. The molecule has 0 unspecified atom stereocenters. The molecule has 0 atom stereocenters. The number of amides is 1. The number of nitrogens with two attached hydrogens (primary N) is 1. The highest BCUT2D eigenvalue weighted by Gasteiger charge is 2.14. The smallest absolute Gasteiger partial charge is 0.261 e. The van der Waals surface area contributed by atoms with Crippen LogP contribution in [0.15, 0.2) is 35.5 Å². The van der Waals surface area contributed by atoms with Crippen LogP contribution in [0.4, 0.5) is 0 Å². The summed E-state index contributed by atoms with van der Waals surface area (Å²) < 4.78 is 0. The van der Waals surface area contributed by atoms with Gasteiger partial charge in [-0.15, -0.1) is 0 Å². The number of rotatable bonds is 2. The average Bonchev–Trinajstić information content (AvgIpc) is 2.30. The topological polar surface area (TPSA) is 88.8 Å². The number of carbonyl (C=O) groups is 1. The Kier molecular flexibility index (Phi) is 2.74. The van der Waals surface area contributed by atoms with Crippen LogP contribution in [0.3, 0.4) is 0 Å². The molecule has 0 aromatic carbocycles. The summed E-state index contributed by atoms with van der Waals surface area (Å²) in [6.07, 6.45) is 4.85. The van der Waals surface area contributed by atoms with E-state index in [0.29, 0.717) is 5.56 Å². The van der Waals surface area contributed by atoms with Gasteiger partial charge in [-0.3, -0.25) is 14.6 Å². The molecule has 0 bridgehead atoms. The molecule has 0 aliphatic rings. The fourth-order valence-electron chi connectivity index (χ4n) is 1.75. The second-order valence-corrected chi connectivity index (χ2v) is 3.63. The minimum absolute atomic E-state index is 0.000637. The molecule has 2 aromatic heterocycles. The van der Waals surface area contributed by atoms with E-state index in [1.807, 2.05) is 0 Å². The fourth-order valence-corrected chi connectivity index (χ4v) is 1.75. The van der Waals surface area contributed by atoms with Crippen molar-refractivity contribution in [1.82, 2.24) is 9.97 Å². The summed E-state index contributed by atoms with van der Waals surface area (Å²) in [5.74, 6) is -0.723. The van der Waals surface area contributed by atoms with Crippen molar-refractivity contribution in [3.8, 4) is 11.1 Å². The molecule has 86 valence electrons. The molecule has 0 saturated heterocycles. The van der Waals surface area contributed by atoms with Crippen molar-refractivity contribution in [2.24, 2.45) is 5.73 Å². The number of aromatic nitrogens is 2. The Labute approximate surface area is 97.3 Å². The maximum absolute atomic E-state index is 11.5. The van der Waals surface area contributed by atoms with E-state index in [4.69, 9.17) is 5.73 Å². The Morgan fingerprint density at radius 2 is 2.00 bits per heavy atom. The predicted octanol–water partition coefficient (Wildman–Crippen LogP) is 0.844. The fraction of sp³-hybridized carbons (Fsp3) is 0.0833. The van der Waals surface area contributed by atoms with Crippen LogP contribution in [0.2, 0.25) is 0 Å². The lowest BCUT2D eigenvalue weighted by atomic mass is 10.00. The number of hydrogen-bond donors (Lipinski definition) is 2. The highest BCUT2D eigenvalue weighted by molar-refractivity contribution is 5.95. The number of pyridine rings is 2. The molecule has 0 spiro atoms. The van der Waals surface area contributed by atoms with Gasteiger partial charge in [-0.1, -0.05) is 0 Å². The molecule has 0 fully saturated rings. The first-order valence-electron chi connectivity index (χ1n) is 5.03. The summed E-state index contributed by atoms with van der Waals surface area (Å²) in [6.45, 7) is 1.70. The van der Waals surface area contributed by atoms with Crippen LogP contribution < -0.4 is 11.3 Å². The monoisotopic (exact) mass is 229 g/mol. The van der Waals surface area contributed by atoms with Gasteiger partial charge in [-0.2, -0.15) is 0 Å². The maximum Gasteiger partial charge on any atom is 0.261 e. The van der Waals surface area contributed by atoms with Gasteiger partial charge in [0.1, 0.15) is 5.56 Å². The predicted molar refractivity (Wildman–Crippen MR) is 63.5 cm³/mol. The summed E-state index contributed by atoms with van der Waals surface area (Å²) >= 11 is 0. The van der Waals surface area contributed by atoms with Gasteiger partial charge in [0.05, 0.1) is 0 Å². The SMILES string of the molecule is Cc1c(-c2ccncc2)c[nH]c(=O)c1C(N)=O. The van der Waals surface area contributed by atoms with Crippen molar-refractivity contribution in [3.63, 3.8) is 0 Å². The van der Waals surface area contributed by atoms with E-state index in [1.165, 1.54) is 0 Å². The molecule has 1 amide bonds. The molecule has 2 heterocycles. The van der Waals surface area contributed by atoms with E-state index in [0.717, 1.165) is 11.1 Å². The highest BCUT2D eigenvalue weighted by atomic mass is 16.2.